The van der Waals surface area contributed by atoms with Gasteiger partial charge in [-0.1, -0.05) is 266 Å². The Balaban J connectivity index is 4.22. The summed E-state index contributed by atoms with van der Waals surface area (Å²) in [7, 11) is 0. The Morgan fingerprint density at radius 2 is 0.542 bits per heavy atom. The zero-order valence-electron chi connectivity index (χ0n) is 47.4. The quantitative estimate of drug-likeness (QED) is 0.0261. The molecule has 6 heteroatoms. The van der Waals surface area contributed by atoms with Crippen molar-refractivity contribution >= 4 is 17.9 Å². The number of esters is 3. The van der Waals surface area contributed by atoms with Crippen LogP contribution < -0.4 is 0 Å². The standard InChI is InChI=1S/C66H114O6/c1-4-7-10-13-16-19-22-25-26-27-28-29-30-31-32-33-34-35-36-37-38-39-40-42-44-47-50-53-56-59-65(68)71-62-63(61-70-64(67)58-55-52-49-46-43-24-21-18-15-12-9-6-3)72-66(69)60-57-54-51-48-45-41-23-20-17-14-11-8-5-2/h7,10,16,19-20,23,25-26,28-29,31-32,34-35,63H,4-6,8-9,11-15,17-18,21-22,24,27,30,33,36-62H2,1-3H3/b10-7-,19-16-,23-20-,26-25-,29-28-,32-31-,35-34-. The summed E-state index contributed by atoms with van der Waals surface area (Å²) >= 11 is 0. The highest BCUT2D eigenvalue weighted by Gasteiger charge is 2.19. The molecule has 0 aromatic carbocycles. The van der Waals surface area contributed by atoms with Crippen molar-refractivity contribution in [2.75, 3.05) is 13.2 Å². The molecule has 0 N–H and O–H groups in total. The van der Waals surface area contributed by atoms with E-state index in [0.717, 1.165) is 109 Å². The zero-order valence-corrected chi connectivity index (χ0v) is 47.4. The summed E-state index contributed by atoms with van der Waals surface area (Å²) in [5.41, 5.74) is 0. The highest BCUT2D eigenvalue weighted by atomic mass is 16.6. The highest BCUT2D eigenvalue weighted by Crippen LogP contribution is 2.16. The number of hydrogen-bond donors (Lipinski definition) is 0. The number of allylic oxidation sites excluding steroid dienone is 14. The van der Waals surface area contributed by atoms with Crippen molar-refractivity contribution in [3.8, 4) is 0 Å². The summed E-state index contributed by atoms with van der Waals surface area (Å²) < 4.78 is 16.9. The van der Waals surface area contributed by atoms with Gasteiger partial charge >= 0.3 is 17.9 Å². The van der Waals surface area contributed by atoms with Gasteiger partial charge in [0, 0.05) is 19.3 Å². The third kappa shape index (κ3) is 57.5. The smallest absolute Gasteiger partial charge is 0.306 e. The van der Waals surface area contributed by atoms with Crippen molar-refractivity contribution in [3.05, 3.63) is 85.1 Å². The predicted octanol–water partition coefficient (Wildman–Crippen LogP) is 20.7. The van der Waals surface area contributed by atoms with Crippen LogP contribution in [0.15, 0.2) is 85.1 Å². The maximum absolute atomic E-state index is 12.8. The molecule has 0 spiro atoms. The van der Waals surface area contributed by atoms with Crippen LogP contribution >= 0.6 is 0 Å². The van der Waals surface area contributed by atoms with Crippen LogP contribution in [-0.2, 0) is 28.6 Å². The Morgan fingerprint density at radius 1 is 0.292 bits per heavy atom. The van der Waals surface area contributed by atoms with Gasteiger partial charge in [0.15, 0.2) is 6.10 Å². The normalized spacial score (nSPS) is 12.7. The number of unbranched alkanes of at least 4 members (excludes halogenated alkanes) is 30. The number of carbonyl (C=O) groups is 3. The molecule has 72 heavy (non-hydrogen) atoms. The van der Waals surface area contributed by atoms with Crippen molar-refractivity contribution in [1.82, 2.24) is 0 Å². The molecule has 0 fully saturated rings. The lowest BCUT2D eigenvalue weighted by molar-refractivity contribution is -0.167. The highest BCUT2D eigenvalue weighted by molar-refractivity contribution is 5.71. The van der Waals surface area contributed by atoms with E-state index in [1.807, 2.05) is 0 Å². The van der Waals surface area contributed by atoms with Crippen LogP contribution in [0.2, 0.25) is 0 Å². The first kappa shape index (κ1) is 68.6. The minimum absolute atomic E-state index is 0.0777. The predicted molar refractivity (Wildman–Crippen MR) is 311 cm³/mol. The van der Waals surface area contributed by atoms with E-state index in [4.69, 9.17) is 14.2 Å². The maximum atomic E-state index is 12.8. The Kier molecular flexibility index (Phi) is 57.3. The van der Waals surface area contributed by atoms with Crippen LogP contribution in [0.25, 0.3) is 0 Å². The van der Waals surface area contributed by atoms with E-state index in [-0.39, 0.29) is 31.1 Å². The van der Waals surface area contributed by atoms with Crippen LogP contribution in [-0.4, -0.2) is 37.2 Å². The van der Waals surface area contributed by atoms with Gasteiger partial charge in [-0.15, -0.1) is 0 Å². The summed E-state index contributed by atoms with van der Waals surface area (Å²) in [5, 5.41) is 0. The van der Waals surface area contributed by atoms with Gasteiger partial charge in [-0.3, -0.25) is 14.4 Å². The number of hydrogen-bond acceptors (Lipinski definition) is 6. The van der Waals surface area contributed by atoms with Crippen molar-refractivity contribution in [3.63, 3.8) is 0 Å². The molecule has 0 aliphatic rings. The van der Waals surface area contributed by atoms with Gasteiger partial charge in [0.2, 0.25) is 0 Å². The van der Waals surface area contributed by atoms with E-state index in [0.29, 0.717) is 19.3 Å². The summed E-state index contributed by atoms with van der Waals surface area (Å²) in [4.78, 5) is 38.1. The molecule has 0 bridgehead atoms. The monoisotopic (exact) mass is 1000 g/mol. The Bertz CT molecular complexity index is 1380. The van der Waals surface area contributed by atoms with Crippen LogP contribution in [0.4, 0.5) is 0 Å². The largest absolute Gasteiger partial charge is 0.462 e. The molecule has 6 nitrogen and oxygen atoms in total. The third-order valence-corrected chi connectivity index (χ3v) is 13.1. The molecule has 1 atom stereocenters. The van der Waals surface area contributed by atoms with Gasteiger partial charge in [-0.05, 0) is 96.3 Å². The molecule has 0 saturated heterocycles. The second-order valence-corrected chi connectivity index (χ2v) is 20.2. The van der Waals surface area contributed by atoms with Crippen LogP contribution in [0.5, 0.6) is 0 Å². The fraction of sp³-hybridized carbons (Fsp3) is 0.742. The van der Waals surface area contributed by atoms with Gasteiger partial charge in [0.1, 0.15) is 13.2 Å². The third-order valence-electron chi connectivity index (χ3n) is 13.1. The zero-order chi connectivity index (χ0) is 52.2. The molecule has 0 amide bonds. The van der Waals surface area contributed by atoms with E-state index in [1.54, 1.807) is 0 Å². The first-order chi connectivity index (χ1) is 35.5. The van der Waals surface area contributed by atoms with E-state index < -0.39 is 6.10 Å². The van der Waals surface area contributed by atoms with E-state index in [9.17, 15) is 14.4 Å². The van der Waals surface area contributed by atoms with Crippen LogP contribution in [0.3, 0.4) is 0 Å². The fourth-order valence-corrected chi connectivity index (χ4v) is 8.56. The minimum atomic E-state index is -0.780. The topological polar surface area (TPSA) is 78.9 Å². The fourth-order valence-electron chi connectivity index (χ4n) is 8.56. The van der Waals surface area contributed by atoms with Crippen LogP contribution in [0.1, 0.15) is 297 Å². The Hall–Kier alpha value is -3.41. The molecule has 1 unspecified atom stereocenters. The van der Waals surface area contributed by atoms with E-state index >= 15 is 0 Å². The maximum Gasteiger partial charge on any atom is 0.306 e. The number of carbonyl (C=O) groups excluding carboxylic acids is 3. The molecular formula is C66H114O6. The summed E-state index contributed by atoms with van der Waals surface area (Å²) in [5.74, 6) is -0.883. The summed E-state index contributed by atoms with van der Waals surface area (Å²) in [6, 6.07) is 0. The van der Waals surface area contributed by atoms with Crippen molar-refractivity contribution < 1.29 is 28.6 Å². The lowest BCUT2D eigenvalue weighted by atomic mass is 10.0. The van der Waals surface area contributed by atoms with Crippen molar-refractivity contribution in [2.45, 2.75) is 303 Å². The SMILES string of the molecule is CC/C=C\C/C=C\C/C=C\C/C=C\C/C=C\C/C=C\CCCCCCCCCCCCC(=O)OCC(COC(=O)CCCCCCCCCCCCCC)OC(=O)CCCCCCC/C=C\CCCCCC. The first-order valence-corrected chi connectivity index (χ1v) is 30.6. The lowest BCUT2D eigenvalue weighted by Gasteiger charge is -2.18. The average Bonchev–Trinajstić information content (AvgIpc) is 3.38. The van der Waals surface area contributed by atoms with Gasteiger partial charge < -0.3 is 14.2 Å². The number of rotatable bonds is 55. The Labute approximate surface area is 445 Å². The molecule has 0 rings (SSSR count). The first-order valence-electron chi connectivity index (χ1n) is 30.6. The average molecular weight is 1000 g/mol. The van der Waals surface area contributed by atoms with E-state index in [1.165, 1.54) is 148 Å². The molecule has 0 aromatic heterocycles. The lowest BCUT2D eigenvalue weighted by Crippen LogP contribution is -2.30. The minimum Gasteiger partial charge on any atom is -0.462 e. The molecule has 414 valence electrons. The molecule has 0 aliphatic carbocycles. The van der Waals surface area contributed by atoms with Gasteiger partial charge in [0.25, 0.3) is 0 Å². The Morgan fingerprint density at radius 3 is 0.875 bits per heavy atom. The molecule has 0 radical (unpaired) electrons. The molecular weight excluding hydrogens is 889 g/mol. The number of ether oxygens (including phenoxy) is 3. The molecule has 0 saturated carbocycles. The molecule has 0 aromatic rings. The van der Waals surface area contributed by atoms with Crippen molar-refractivity contribution in [1.29, 1.82) is 0 Å². The summed E-state index contributed by atoms with van der Waals surface area (Å²) in [6.07, 6.45) is 78.7. The van der Waals surface area contributed by atoms with Crippen molar-refractivity contribution in [2.24, 2.45) is 0 Å². The van der Waals surface area contributed by atoms with E-state index in [2.05, 4.69) is 106 Å². The molecule has 0 aliphatic heterocycles. The van der Waals surface area contributed by atoms with Crippen LogP contribution in [0, 0.1) is 0 Å². The second kappa shape index (κ2) is 60.1. The summed E-state index contributed by atoms with van der Waals surface area (Å²) in [6.45, 7) is 6.52. The van der Waals surface area contributed by atoms with Gasteiger partial charge in [-0.2, -0.15) is 0 Å². The van der Waals surface area contributed by atoms with Gasteiger partial charge in [0.05, 0.1) is 0 Å². The molecule has 0 heterocycles. The second-order valence-electron chi connectivity index (χ2n) is 20.2. The van der Waals surface area contributed by atoms with Gasteiger partial charge in [-0.25, -0.2) is 0 Å².